The quantitative estimate of drug-likeness (QED) is 0.654. The molecule has 0 nitrogen and oxygen atoms in total. The van der Waals surface area contributed by atoms with E-state index in [0.717, 1.165) is 0 Å². The van der Waals surface area contributed by atoms with E-state index in [0.29, 0.717) is 5.92 Å². The average molecular weight is 372 g/mol. The van der Waals surface area contributed by atoms with Gasteiger partial charge in [-0.3, -0.25) is 0 Å². The van der Waals surface area contributed by atoms with Crippen molar-refractivity contribution in [1.82, 2.24) is 0 Å². The highest BCUT2D eigenvalue weighted by atomic mass is 127. The molecular weight excluding hydrogens is 362 g/mol. The fourth-order valence-electron chi connectivity index (χ4n) is 0.970. The van der Waals surface area contributed by atoms with Crippen LogP contribution in [0.25, 0.3) is 0 Å². The zero-order chi connectivity index (χ0) is 8.43. The van der Waals surface area contributed by atoms with Crippen LogP contribution in [0.5, 0.6) is 0 Å². The van der Waals surface area contributed by atoms with Crippen molar-refractivity contribution in [1.29, 1.82) is 0 Å². The summed E-state index contributed by atoms with van der Waals surface area (Å²) in [6.45, 7) is 4.45. The molecule has 2 heteroatoms. The Bertz CT molecular complexity index is 254. The monoisotopic (exact) mass is 372 g/mol. The minimum atomic E-state index is 0.638. The summed E-state index contributed by atoms with van der Waals surface area (Å²) in [6.07, 6.45) is 0. The van der Waals surface area contributed by atoms with Gasteiger partial charge in [0.2, 0.25) is 0 Å². The van der Waals surface area contributed by atoms with E-state index in [2.05, 4.69) is 77.2 Å². The number of hydrogen-bond acceptors (Lipinski definition) is 0. The Morgan fingerprint density at radius 1 is 1.18 bits per heavy atom. The Balaban J connectivity index is 3.09. The van der Waals surface area contributed by atoms with Gasteiger partial charge in [-0.15, -0.1) is 0 Å². The van der Waals surface area contributed by atoms with Crippen LogP contribution < -0.4 is 0 Å². The third kappa shape index (κ3) is 2.57. The minimum absolute atomic E-state index is 0.638. The molecule has 11 heavy (non-hydrogen) atoms. The molecule has 0 aromatic heterocycles. The van der Waals surface area contributed by atoms with E-state index in [1.807, 2.05) is 0 Å². The molecule has 0 fully saturated rings. The highest BCUT2D eigenvalue weighted by Crippen LogP contribution is 2.22. The van der Waals surface area contributed by atoms with E-state index in [4.69, 9.17) is 0 Å². The van der Waals surface area contributed by atoms with E-state index in [1.165, 1.54) is 12.7 Å². The highest BCUT2D eigenvalue weighted by molar-refractivity contribution is 14.1. The van der Waals surface area contributed by atoms with Crippen LogP contribution in [0.3, 0.4) is 0 Å². The molecule has 0 spiro atoms. The lowest BCUT2D eigenvalue weighted by Gasteiger charge is -2.07. The van der Waals surface area contributed by atoms with Crippen LogP contribution in [0.2, 0.25) is 0 Å². The number of benzene rings is 1. The second-order valence-electron chi connectivity index (χ2n) is 2.82. The molecule has 0 amide bonds. The van der Waals surface area contributed by atoms with Gasteiger partial charge in [-0.1, -0.05) is 19.9 Å². The Morgan fingerprint density at radius 3 is 2.27 bits per heavy atom. The van der Waals surface area contributed by atoms with E-state index >= 15 is 0 Å². The number of halogens is 2. The predicted octanol–water partition coefficient (Wildman–Crippen LogP) is 4.02. The predicted molar refractivity (Wildman–Crippen MR) is 66.0 cm³/mol. The topological polar surface area (TPSA) is 0 Å². The van der Waals surface area contributed by atoms with Crippen molar-refractivity contribution < 1.29 is 0 Å². The van der Waals surface area contributed by atoms with Crippen LogP contribution in [0.4, 0.5) is 0 Å². The van der Waals surface area contributed by atoms with Gasteiger partial charge in [0.05, 0.1) is 0 Å². The summed E-state index contributed by atoms with van der Waals surface area (Å²) in [6, 6.07) is 6.60. The molecule has 0 radical (unpaired) electrons. The molecule has 0 unspecified atom stereocenters. The fraction of sp³-hybridized carbons (Fsp3) is 0.333. The molecule has 0 N–H and O–H groups in total. The highest BCUT2D eigenvalue weighted by Gasteiger charge is 2.03. The first kappa shape index (κ1) is 9.77. The van der Waals surface area contributed by atoms with E-state index in [-0.39, 0.29) is 0 Å². The summed E-state index contributed by atoms with van der Waals surface area (Å²) in [5.41, 5.74) is 1.45. The zero-order valence-electron chi connectivity index (χ0n) is 6.57. The van der Waals surface area contributed by atoms with Crippen LogP contribution in [0.15, 0.2) is 18.2 Å². The molecule has 0 aliphatic carbocycles. The molecule has 1 aromatic carbocycles. The smallest absolute Gasteiger partial charge is 0.0175 e. The van der Waals surface area contributed by atoms with Gasteiger partial charge < -0.3 is 0 Å². The first-order valence-electron chi connectivity index (χ1n) is 3.56. The Hall–Kier alpha value is 0.680. The zero-order valence-corrected chi connectivity index (χ0v) is 10.9. The molecule has 0 saturated carbocycles. The van der Waals surface area contributed by atoms with E-state index in [1.54, 1.807) is 0 Å². The molecule has 0 atom stereocenters. The second-order valence-corrected chi connectivity index (χ2v) is 5.23. The molecule has 0 saturated heterocycles. The molecule has 0 heterocycles. The third-order valence-corrected chi connectivity index (χ3v) is 3.19. The van der Waals surface area contributed by atoms with Gasteiger partial charge in [-0.25, -0.2) is 0 Å². The summed E-state index contributed by atoms with van der Waals surface area (Å²) in [5, 5.41) is 0. The van der Waals surface area contributed by atoms with Gasteiger partial charge in [0.15, 0.2) is 0 Å². The van der Waals surface area contributed by atoms with Gasteiger partial charge in [0.25, 0.3) is 0 Å². The summed E-state index contributed by atoms with van der Waals surface area (Å²) < 4.78 is 2.70. The van der Waals surface area contributed by atoms with Crippen molar-refractivity contribution in [2.45, 2.75) is 19.8 Å². The summed E-state index contributed by atoms with van der Waals surface area (Å²) in [5.74, 6) is 0.638. The van der Waals surface area contributed by atoms with Crippen LogP contribution in [-0.2, 0) is 0 Å². The summed E-state index contributed by atoms with van der Waals surface area (Å²) >= 11 is 4.74. The van der Waals surface area contributed by atoms with Crippen molar-refractivity contribution in [3.63, 3.8) is 0 Å². The van der Waals surface area contributed by atoms with E-state index in [9.17, 15) is 0 Å². The maximum Gasteiger partial charge on any atom is 0.0175 e. The lowest BCUT2D eigenvalue weighted by atomic mass is 10.0. The Labute approximate surface area is 95.0 Å². The lowest BCUT2D eigenvalue weighted by molar-refractivity contribution is 0.859. The first-order valence-corrected chi connectivity index (χ1v) is 5.72. The SMILES string of the molecule is CC(C)c1ccc(I)cc1I. The Kier molecular flexibility index (Phi) is 3.61. The van der Waals surface area contributed by atoms with Gasteiger partial charge in [-0.2, -0.15) is 0 Å². The average Bonchev–Trinajstić information content (AvgIpc) is 1.85. The van der Waals surface area contributed by atoms with Crippen LogP contribution in [0.1, 0.15) is 25.3 Å². The molecule has 1 rings (SSSR count). The first-order chi connectivity index (χ1) is 5.11. The Morgan fingerprint density at radius 2 is 1.82 bits per heavy atom. The van der Waals surface area contributed by atoms with Gasteiger partial charge >= 0.3 is 0 Å². The lowest BCUT2D eigenvalue weighted by Crippen LogP contribution is -1.91. The second kappa shape index (κ2) is 4.07. The van der Waals surface area contributed by atoms with Gasteiger partial charge in [-0.05, 0) is 68.8 Å². The van der Waals surface area contributed by atoms with Gasteiger partial charge in [0.1, 0.15) is 0 Å². The molecule has 0 bridgehead atoms. The fourth-order valence-corrected chi connectivity index (χ4v) is 3.19. The van der Waals surface area contributed by atoms with Crippen LogP contribution in [-0.4, -0.2) is 0 Å². The van der Waals surface area contributed by atoms with Crippen molar-refractivity contribution in [2.75, 3.05) is 0 Å². The third-order valence-electron chi connectivity index (χ3n) is 1.58. The summed E-state index contributed by atoms with van der Waals surface area (Å²) in [7, 11) is 0. The normalized spacial score (nSPS) is 10.6. The van der Waals surface area contributed by atoms with Crippen molar-refractivity contribution in [3.05, 3.63) is 30.9 Å². The largest absolute Gasteiger partial charge is 0.0586 e. The maximum absolute atomic E-state index is 2.40. The minimum Gasteiger partial charge on any atom is -0.0586 e. The van der Waals surface area contributed by atoms with Crippen LogP contribution >= 0.6 is 45.2 Å². The van der Waals surface area contributed by atoms with Crippen molar-refractivity contribution in [2.24, 2.45) is 0 Å². The summed E-state index contributed by atoms with van der Waals surface area (Å²) in [4.78, 5) is 0. The molecule has 1 aromatic rings. The van der Waals surface area contributed by atoms with Gasteiger partial charge in [0, 0.05) is 7.14 Å². The standard InChI is InChI=1S/C9H10I2/c1-6(2)8-4-3-7(10)5-9(8)11/h3-6H,1-2H3. The van der Waals surface area contributed by atoms with Crippen molar-refractivity contribution in [3.8, 4) is 0 Å². The molecule has 0 aliphatic rings. The van der Waals surface area contributed by atoms with E-state index < -0.39 is 0 Å². The van der Waals surface area contributed by atoms with Crippen LogP contribution in [0, 0.1) is 7.14 Å². The molecule has 60 valence electrons. The maximum atomic E-state index is 2.40. The molecular formula is C9H10I2. The number of hydrogen-bond donors (Lipinski definition) is 0. The number of rotatable bonds is 1. The molecule has 0 aliphatic heterocycles. The van der Waals surface area contributed by atoms with Crippen molar-refractivity contribution >= 4 is 45.2 Å².